The van der Waals surface area contributed by atoms with Crippen LogP contribution in [-0.2, 0) is 9.53 Å². The molecule has 1 saturated heterocycles. The maximum atomic E-state index is 12.5. The fourth-order valence-electron chi connectivity index (χ4n) is 4.78. The standard InChI is InChI=1S/C16H26O2/c1-10-7-14(17)12-9-18-15(2,3)13-5-6-16(10,4)8-11(12)13/h10-13H,5-9H2,1-4H3/t10-,11+,12+,13+,16-/m0/s1. The van der Waals surface area contributed by atoms with E-state index in [1.807, 2.05) is 0 Å². The summed E-state index contributed by atoms with van der Waals surface area (Å²) in [5.41, 5.74) is 0.356. The second-order valence-corrected chi connectivity index (χ2v) is 7.76. The highest BCUT2D eigenvalue weighted by Crippen LogP contribution is 2.57. The summed E-state index contributed by atoms with van der Waals surface area (Å²) in [5.74, 6) is 2.36. The van der Waals surface area contributed by atoms with Crippen LogP contribution in [0.15, 0.2) is 0 Å². The van der Waals surface area contributed by atoms with Crippen LogP contribution >= 0.6 is 0 Å². The molecule has 102 valence electrons. The molecule has 3 rings (SSSR count). The van der Waals surface area contributed by atoms with Crippen molar-refractivity contribution in [3.63, 3.8) is 0 Å². The van der Waals surface area contributed by atoms with Gasteiger partial charge in [-0.3, -0.25) is 4.79 Å². The zero-order valence-electron chi connectivity index (χ0n) is 12.2. The van der Waals surface area contributed by atoms with E-state index in [0.29, 0.717) is 35.6 Å². The molecule has 5 atom stereocenters. The average Bonchev–Trinajstić information content (AvgIpc) is 2.34. The summed E-state index contributed by atoms with van der Waals surface area (Å²) in [6.45, 7) is 9.79. The van der Waals surface area contributed by atoms with Gasteiger partial charge in [-0.1, -0.05) is 13.8 Å². The van der Waals surface area contributed by atoms with Gasteiger partial charge in [-0.2, -0.15) is 0 Å². The molecule has 18 heavy (non-hydrogen) atoms. The lowest BCUT2D eigenvalue weighted by atomic mass is 9.57. The monoisotopic (exact) mass is 250 g/mol. The topological polar surface area (TPSA) is 26.3 Å². The smallest absolute Gasteiger partial charge is 0.138 e. The molecule has 2 bridgehead atoms. The largest absolute Gasteiger partial charge is 0.375 e. The van der Waals surface area contributed by atoms with Gasteiger partial charge in [-0.15, -0.1) is 0 Å². The number of Topliss-reactive ketones (excluding diaryl/α,β-unsaturated/α-hetero) is 1. The van der Waals surface area contributed by atoms with Gasteiger partial charge in [0.05, 0.1) is 12.2 Å². The summed E-state index contributed by atoms with van der Waals surface area (Å²) in [7, 11) is 0. The Morgan fingerprint density at radius 2 is 2.00 bits per heavy atom. The number of rotatable bonds is 0. The molecule has 0 N–H and O–H groups in total. The number of carbonyl (C=O) groups is 1. The number of hydrogen-bond acceptors (Lipinski definition) is 2. The van der Waals surface area contributed by atoms with Crippen LogP contribution in [0.3, 0.4) is 0 Å². The molecule has 0 spiro atoms. The number of hydrogen-bond donors (Lipinski definition) is 0. The lowest BCUT2D eigenvalue weighted by Crippen LogP contribution is -2.53. The van der Waals surface area contributed by atoms with E-state index < -0.39 is 0 Å². The Labute approximate surface area is 110 Å². The molecule has 3 aliphatic rings. The third kappa shape index (κ3) is 1.68. The SMILES string of the molecule is C[C@H]1CC(=O)[C@@H]2COC(C)(C)[C@@H]3CC[C@@]1(C)C[C@@H]32. The van der Waals surface area contributed by atoms with Crippen LogP contribution in [0.5, 0.6) is 0 Å². The van der Waals surface area contributed by atoms with E-state index in [1.54, 1.807) is 0 Å². The van der Waals surface area contributed by atoms with E-state index in [2.05, 4.69) is 27.7 Å². The molecule has 3 fully saturated rings. The van der Waals surface area contributed by atoms with Crippen LogP contribution < -0.4 is 0 Å². The highest BCUT2D eigenvalue weighted by atomic mass is 16.5. The summed E-state index contributed by atoms with van der Waals surface area (Å²) >= 11 is 0. The summed E-state index contributed by atoms with van der Waals surface area (Å²) < 4.78 is 6.04. The molecule has 0 aromatic heterocycles. The van der Waals surface area contributed by atoms with Gasteiger partial charge in [-0.05, 0) is 56.3 Å². The van der Waals surface area contributed by atoms with Crippen LogP contribution in [0.2, 0.25) is 0 Å². The van der Waals surface area contributed by atoms with Crippen molar-refractivity contribution < 1.29 is 9.53 Å². The molecule has 0 radical (unpaired) electrons. The van der Waals surface area contributed by atoms with Gasteiger partial charge in [0, 0.05) is 12.3 Å². The Morgan fingerprint density at radius 1 is 1.28 bits per heavy atom. The molecule has 2 nitrogen and oxygen atoms in total. The minimum Gasteiger partial charge on any atom is -0.375 e. The van der Waals surface area contributed by atoms with E-state index in [1.165, 1.54) is 19.3 Å². The number of carbonyl (C=O) groups excluding carboxylic acids is 1. The third-order valence-corrected chi connectivity index (χ3v) is 6.40. The van der Waals surface area contributed by atoms with Crippen molar-refractivity contribution in [2.24, 2.45) is 29.1 Å². The van der Waals surface area contributed by atoms with Crippen LogP contribution in [0, 0.1) is 29.1 Å². The first-order valence-electron chi connectivity index (χ1n) is 7.50. The highest BCUT2D eigenvalue weighted by Gasteiger charge is 2.55. The number of ketones is 1. The van der Waals surface area contributed by atoms with E-state index in [4.69, 9.17) is 4.74 Å². The van der Waals surface area contributed by atoms with Gasteiger partial charge in [0.25, 0.3) is 0 Å². The second-order valence-electron chi connectivity index (χ2n) is 7.76. The van der Waals surface area contributed by atoms with Gasteiger partial charge in [0.2, 0.25) is 0 Å². The predicted octanol–water partition coefficient (Wildman–Crippen LogP) is 3.44. The van der Waals surface area contributed by atoms with Gasteiger partial charge < -0.3 is 4.74 Å². The van der Waals surface area contributed by atoms with Crippen molar-refractivity contribution in [1.29, 1.82) is 0 Å². The summed E-state index contributed by atoms with van der Waals surface area (Å²) in [6, 6.07) is 0. The van der Waals surface area contributed by atoms with Crippen molar-refractivity contribution in [3.05, 3.63) is 0 Å². The van der Waals surface area contributed by atoms with Crippen molar-refractivity contribution in [2.75, 3.05) is 6.61 Å². The van der Waals surface area contributed by atoms with E-state index in [9.17, 15) is 4.79 Å². The lowest BCUT2D eigenvalue weighted by Gasteiger charge is -2.53. The minimum atomic E-state index is -0.0314. The Hall–Kier alpha value is -0.370. The molecule has 2 aliphatic carbocycles. The molecular formula is C16H26O2. The van der Waals surface area contributed by atoms with Crippen molar-refractivity contribution in [1.82, 2.24) is 0 Å². The lowest BCUT2D eigenvalue weighted by molar-refractivity contribution is -0.173. The van der Waals surface area contributed by atoms with Crippen molar-refractivity contribution in [3.8, 4) is 0 Å². The summed E-state index contributed by atoms with van der Waals surface area (Å²) in [6.07, 6.45) is 4.51. The molecular weight excluding hydrogens is 224 g/mol. The van der Waals surface area contributed by atoms with Crippen LogP contribution in [0.1, 0.15) is 53.4 Å². The molecule has 1 heterocycles. The Bertz CT molecular complexity index is 373. The third-order valence-electron chi connectivity index (χ3n) is 6.40. The second kappa shape index (κ2) is 3.82. The van der Waals surface area contributed by atoms with Crippen molar-refractivity contribution in [2.45, 2.75) is 59.0 Å². The Morgan fingerprint density at radius 3 is 2.72 bits per heavy atom. The Kier molecular flexibility index (Phi) is 2.68. The highest BCUT2D eigenvalue weighted by molar-refractivity contribution is 5.82. The maximum Gasteiger partial charge on any atom is 0.138 e. The van der Waals surface area contributed by atoms with Gasteiger partial charge in [-0.25, -0.2) is 0 Å². The predicted molar refractivity (Wildman–Crippen MR) is 71.2 cm³/mol. The maximum absolute atomic E-state index is 12.5. The van der Waals surface area contributed by atoms with Gasteiger partial charge in [0.1, 0.15) is 5.78 Å². The normalized spacial score (nSPS) is 50.8. The fraction of sp³-hybridized carbons (Fsp3) is 0.938. The molecule has 2 heteroatoms. The first-order valence-corrected chi connectivity index (χ1v) is 7.50. The van der Waals surface area contributed by atoms with E-state index in [0.717, 1.165) is 6.42 Å². The molecule has 1 aliphatic heterocycles. The Balaban J connectivity index is 1.99. The average molecular weight is 250 g/mol. The van der Waals surface area contributed by atoms with Crippen LogP contribution in [-0.4, -0.2) is 18.0 Å². The van der Waals surface area contributed by atoms with Gasteiger partial charge >= 0.3 is 0 Å². The first kappa shape index (κ1) is 12.7. The van der Waals surface area contributed by atoms with E-state index in [-0.39, 0.29) is 11.5 Å². The van der Waals surface area contributed by atoms with Crippen LogP contribution in [0.25, 0.3) is 0 Å². The van der Waals surface area contributed by atoms with E-state index >= 15 is 0 Å². The molecule has 2 saturated carbocycles. The first-order chi connectivity index (χ1) is 8.33. The van der Waals surface area contributed by atoms with Crippen molar-refractivity contribution >= 4 is 5.78 Å². The fourth-order valence-corrected chi connectivity index (χ4v) is 4.78. The zero-order chi connectivity index (χ0) is 13.1. The number of ether oxygens (including phenoxy) is 1. The summed E-state index contributed by atoms with van der Waals surface area (Å²) in [4.78, 5) is 12.5. The number of fused-ring (bicyclic) bond motifs is 1. The summed E-state index contributed by atoms with van der Waals surface area (Å²) in [5, 5.41) is 0. The molecule has 0 unspecified atom stereocenters. The van der Waals surface area contributed by atoms with Crippen LogP contribution in [0.4, 0.5) is 0 Å². The zero-order valence-corrected chi connectivity index (χ0v) is 12.2. The van der Waals surface area contributed by atoms with Gasteiger partial charge in [0.15, 0.2) is 0 Å². The quantitative estimate of drug-likeness (QED) is 0.658. The molecule has 0 amide bonds. The molecule has 0 aromatic rings. The minimum absolute atomic E-state index is 0.0314. The molecule has 0 aromatic carbocycles.